The average molecular weight is 511 g/mol. The zero-order valence-corrected chi connectivity index (χ0v) is 20.5. The van der Waals surface area contributed by atoms with E-state index in [1.807, 2.05) is 83.8 Å². The molecule has 0 spiro atoms. The minimum Gasteiger partial charge on any atom is -0.360 e. The van der Waals surface area contributed by atoms with Crippen LogP contribution < -0.4 is 10.2 Å². The minimum atomic E-state index is -0.128. The van der Waals surface area contributed by atoms with Gasteiger partial charge in [0, 0.05) is 35.1 Å². The number of fused-ring (bicyclic) bond motifs is 1. The second kappa shape index (κ2) is 9.75. The number of benzene rings is 4. The van der Waals surface area contributed by atoms with E-state index in [9.17, 15) is 4.79 Å². The molecule has 2 amide bonds. The molecule has 4 aromatic carbocycles. The standard InChI is InChI=1S/C27H22Cl3N3O/c28-20-10-8-19(9-11-20)26-17-32(14-15-33(26)25-13-12-21(29)16-23(25)30)27(34)31-24-7-3-5-18-4-1-2-6-22(18)24/h1-13,16,26H,14-15,17H2,(H,31,34). The van der Waals surface area contributed by atoms with Gasteiger partial charge in [0.05, 0.1) is 22.4 Å². The summed E-state index contributed by atoms with van der Waals surface area (Å²) in [6, 6.07) is 27.0. The third kappa shape index (κ3) is 4.67. The van der Waals surface area contributed by atoms with Crippen LogP contribution in [0.15, 0.2) is 84.9 Å². The molecule has 1 fully saturated rings. The van der Waals surface area contributed by atoms with Crippen LogP contribution in [0.1, 0.15) is 11.6 Å². The fraction of sp³-hybridized carbons (Fsp3) is 0.148. The molecule has 1 aliphatic rings. The number of piperazine rings is 1. The summed E-state index contributed by atoms with van der Waals surface area (Å²) in [4.78, 5) is 17.4. The number of nitrogens with zero attached hydrogens (tertiary/aromatic N) is 2. The van der Waals surface area contributed by atoms with Crippen LogP contribution in [0.5, 0.6) is 0 Å². The molecule has 0 saturated carbocycles. The first-order valence-electron chi connectivity index (χ1n) is 11.0. The number of amides is 2. The van der Waals surface area contributed by atoms with Crippen LogP contribution in [0.25, 0.3) is 10.8 Å². The largest absolute Gasteiger partial charge is 0.360 e. The Kier molecular flexibility index (Phi) is 6.55. The zero-order chi connectivity index (χ0) is 23.7. The number of hydrogen-bond acceptors (Lipinski definition) is 2. The molecule has 1 atom stereocenters. The average Bonchev–Trinajstić information content (AvgIpc) is 2.85. The van der Waals surface area contributed by atoms with E-state index in [0.717, 1.165) is 27.7 Å². The number of urea groups is 1. The summed E-state index contributed by atoms with van der Waals surface area (Å²) < 4.78 is 0. The van der Waals surface area contributed by atoms with Gasteiger partial charge >= 0.3 is 6.03 Å². The van der Waals surface area contributed by atoms with E-state index in [2.05, 4.69) is 10.2 Å². The molecule has 0 aliphatic carbocycles. The number of nitrogens with one attached hydrogen (secondary N) is 1. The zero-order valence-electron chi connectivity index (χ0n) is 18.2. The lowest BCUT2D eigenvalue weighted by Gasteiger charge is -2.43. The molecular formula is C27H22Cl3N3O. The summed E-state index contributed by atoms with van der Waals surface area (Å²) in [5.74, 6) is 0. The van der Waals surface area contributed by atoms with Gasteiger partial charge in [0.1, 0.15) is 0 Å². The number of anilines is 2. The van der Waals surface area contributed by atoms with Crippen molar-refractivity contribution >= 4 is 63.0 Å². The number of carbonyl (C=O) groups excluding carboxylic acids is 1. The van der Waals surface area contributed by atoms with Crippen LogP contribution >= 0.6 is 34.8 Å². The van der Waals surface area contributed by atoms with Crippen molar-refractivity contribution in [3.63, 3.8) is 0 Å². The van der Waals surface area contributed by atoms with Crippen LogP contribution in [-0.2, 0) is 0 Å². The number of carbonyl (C=O) groups is 1. The Morgan fingerprint density at radius 3 is 2.35 bits per heavy atom. The van der Waals surface area contributed by atoms with Gasteiger partial charge in [-0.3, -0.25) is 0 Å². The Labute approximate surface area is 213 Å². The van der Waals surface area contributed by atoms with Crippen molar-refractivity contribution in [2.45, 2.75) is 6.04 Å². The van der Waals surface area contributed by atoms with Crippen LogP contribution in [0.4, 0.5) is 16.2 Å². The molecule has 7 heteroatoms. The lowest BCUT2D eigenvalue weighted by atomic mass is 10.0. The van der Waals surface area contributed by atoms with E-state index in [-0.39, 0.29) is 12.1 Å². The van der Waals surface area contributed by atoms with Crippen molar-refractivity contribution in [1.82, 2.24) is 4.90 Å². The SMILES string of the molecule is O=C(Nc1cccc2ccccc12)N1CCN(c2ccc(Cl)cc2Cl)C(c2ccc(Cl)cc2)C1. The molecule has 1 N–H and O–H groups in total. The molecular weight excluding hydrogens is 489 g/mol. The van der Waals surface area contributed by atoms with Gasteiger partial charge in [-0.1, -0.05) is 83.3 Å². The monoisotopic (exact) mass is 509 g/mol. The van der Waals surface area contributed by atoms with Gasteiger partial charge < -0.3 is 15.1 Å². The van der Waals surface area contributed by atoms with Crippen LogP contribution in [-0.4, -0.2) is 30.6 Å². The Bertz CT molecular complexity index is 1340. The van der Waals surface area contributed by atoms with Gasteiger partial charge in [0.15, 0.2) is 0 Å². The second-order valence-corrected chi connectivity index (χ2v) is 9.54. The van der Waals surface area contributed by atoms with Crippen molar-refractivity contribution in [3.05, 3.63) is 106 Å². The van der Waals surface area contributed by atoms with E-state index in [0.29, 0.717) is 34.7 Å². The van der Waals surface area contributed by atoms with E-state index < -0.39 is 0 Å². The van der Waals surface area contributed by atoms with E-state index in [1.54, 1.807) is 6.07 Å². The first-order chi connectivity index (χ1) is 16.5. The highest BCUT2D eigenvalue weighted by Crippen LogP contribution is 2.37. The Morgan fingerprint density at radius 1 is 0.824 bits per heavy atom. The Balaban J connectivity index is 1.43. The topological polar surface area (TPSA) is 35.6 Å². The van der Waals surface area contributed by atoms with Gasteiger partial charge in [0.2, 0.25) is 0 Å². The summed E-state index contributed by atoms with van der Waals surface area (Å²) >= 11 is 18.8. The summed E-state index contributed by atoms with van der Waals surface area (Å²) in [6.45, 7) is 1.68. The minimum absolute atomic E-state index is 0.0945. The molecule has 0 bridgehead atoms. The molecule has 1 heterocycles. The van der Waals surface area contributed by atoms with E-state index >= 15 is 0 Å². The van der Waals surface area contributed by atoms with E-state index in [4.69, 9.17) is 34.8 Å². The summed E-state index contributed by atoms with van der Waals surface area (Å²) in [5.41, 5.74) is 2.74. The molecule has 4 aromatic rings. The Morgan fingerprint density at radius 2 is 1.56 bits per heavy atom. The predicted octanol–water partition coefficient (Wildman–Crippen LogP) is 7.90. The second-order valence-electron chi connectivity index (χ2n) is 8.26. The van der Waals surface area contributed by atoms with Crippen LogP contribution in [0.2, 0.25) is 15.1 Å². The molecule has 4 nitrogen and oxygen atoms in total. The lowest BCUT2D eigenvalue weighted by molar-refractivity contribution is 0.198. The highest BCUT2D eigenvalue weighted by molar-refractivity contribution is 6.36. The normalized spacial score (nSPS) is 16.0. The predicted molar refractivity (Wildman–Crippen MR) is 143 cm³/mol. The smallest absolute Gasteiger partial charge is 0.322 e. The summed E-state index contributed by atoms with van der Waals surface area (Å²) in [5, 5.41) is 7.05. The first-order valence-corrected chi connectivity index (χ1v) is 12.1. The Hall–Kier alpha value is -2.92. The maximum atomic E-state index is 13.3. The molecule has 0 aromatic heterocycles. The van der Waals surface area contributed by atoms with Crippen molar-refractivity contribution in [2.24, 2.45) is 0 Å². The maximum absolute atomic E-state index is 13.3. The molecule has 34 heavy (non-hydrogen) atoms. The summed E-state index contributed by atoms with van der Waals surface area (Å²) in [7, 11) is 0. The first kappa shape index (κ1) is 22.9. The number of hydrogen-bond donors (Lipinski definition) is 1. The van der Waals surface area contributed by atoms with Crippen molar-refractivity contribution in [1.29, 1.82) is 0 Å². The molecule has 1 aliphatic heterocycles. The lowest BCUT2D eigenvalue weighted by Crippen LogP contribution is -2.51. The molecule has 1 saturated heterocycles. The fourth-order valence-corrected chi connectivity index (χ4v) is 5.11. The fourth-order valence-electron chi connectivity index (χ4n) is 4.47. The number of halogens is 3. The molecule has 0 radical (unpaired) electrons. The quantitative estimate of drug-likeness (QED) is 0.304. The third-order valence-corrected chi connectivity index (χ3v) is 6.96. The van der Waals surface area contributed by atoms with Crippen molar-refractivity contribution in [3.8, 4) is 0 Å². The van der Waals surface area contributed by atoms with Crippen LogP contribution in [0, 0.1) is 0 Å². The van der Waals surface area contributed by atoms with Crippen molar-refractivity contribution < 1.29 is 4.79 Å². The van der Waals surface area contributed by atoms with Crippen molar-refractivity contribution in [2.75, 3.05) is 29.9 Å². The third-order valence-electron chi connectivity index (χ3n) is 6.17. The maximum Gasteiger partial charge on any atom is 0.322 e. The number of rotatable bonds is 3. The van der Waals surface area contributed by atoms with Gasteiger partial charge in [-0.2, -0.15) is 0 Å². The van der Waals surface area contributed by atoms with Gasteiger partial charge in [-0.05, 0) is 47.3 Å². The molecule has 5 rings (SSSR count). The van der Waals surface area contributed by atoms with Crippen LogP contribution in [0.3, 0.4) is 0 Å². The highest BCUT2D eigenvalue weighted by atomic mass is 35.5. The molecule has 172 valence electrons. The highest BCUT2D eigenvalue weighted by Gasteiger charge is 2.32. The van der Waals surface area contributed by atoms with E-state index in [1.165, 1.54) is 0 Å². The van der Waals surface area contributed by atoms with Gasteiger partial charge in [0.25, 0.3) is 0 Å². The molecule has 1 unspecified atom stereocenters. The van der Waals surface area contributed by atoms with Gasteiger partial charge in [-0.25, -0.2) is 4.79 Å². The summed E-state index contributed by atoms with van der Waals surface area (Å²) in [6.07, 6.45) is 0. The van der Waals surface area contributed by atoms with Gasteiger partial charge in [-0.15, -0.1) is 0 Å².